The van der Waals surface area contributed by atoms with Crippen LogP contribution in [0.25, 0.3) is 16.9 Å². The molecule has 1 fully saturated rings. The standard InChI is InChI=1S/C22H24N6O3/c1-4-27(5-2)21(29)31-14-22(8-9-22)20-25-19-18(30-3)7-6-17(28(19)26-20)16-10-15(11-23)12-24-13-16/h6-7,10,12-13H,4-5,8-9,14H2,1-3H3. The summed E-state index contributed by atoms with van der Waals surface area (Å²) in [6, 6.07) is 7.55. The van der Waals surface area contributed by atoms with Crippen LogP contribution in [-0.4, -0.2) is 57.4 Å². The van der Waals surface area contributed by atoms with E-state index in [1.807, 2.05) is 26.0 Å². The van der Waals surface area contributed by atoms with Crippen LogP contribution in [0, 0.1) is 11.3 Å². The number of rotatable bonds is 7. The van der Waals surface area contributed by atoms with Gasteiger partial charge in [-0.3, -0.25) is 4.98 Å². The molecule has 31 heavy (non-hydrogen) atoms. The summed E-state index contributed by atoms with van der Waals surface area (Å²) in [6.45, 7) is 5.29. The van der Waals surface area contributed by atoms with E-state index in [4.69, 9.17) is 19.6 Å². The number of methoxy groups -OCH3 is 1. The van der Waals surface area contributed by atoms with Crippen molar-refractivity contribution in [1.82, 2.24) is 24.5 Å². The minimum Gasteiger partial charge on any atom is -0.493 e. The average Bonchev–Trinajstić information content (AvgIpc) is 3.47. The molecule has 3 aromatic heterocycles. The summed E-state index contributed by atoms with van der Waals surface area (Å²) in [5.41, 5.74) is 2.14. The van der Waals surface area contributed by atoms with Crippen LogP contribution in [0.15, 0.2) is 30.6 Å². The maximum Gasteiger partial charge on any atom is 0.409 e. The van der Waals surface area contributed by atoms with Gasteiger partial charge in [0.1, 0.15) is 12.7 Å². The fourth-order valence-corrected chi connectivity index (χ4v) is 3.54. The molecular weight excluding hydrogens is 396 g/mol. The van der Waals surface area contributed by atoms with E-state index in [2.05, 4.69) is 11.1 Å². The number of nitriles is 1. The number of carbonyl (C=O) groups excluding carboxylic acids is 1. The molecule has 0 bridgehead atoms. The summed E-state index contributed by atoms with van der Waals surface area (Å²) in [7, 11) is 1.58. The number of carbonyl (C=O) groups is 1. The summed E-state index contributed by atoms with van der Waals surface area (Å²) in [6.07, 6.45) is 4.57. The molecule has 160 valence electrons. The Morgan fingerprint density at radius 1 is 1.29 bits per heavy atom. The maximum absolute atomic E-state index is 12.3. The molecule has 0 unspecified atom stereocenters. The Hall–Kier alpha value is -3.67. The molecule has 0 saturated heterocycles. The Kier molecular flexibility index (Phi) is 5.46. The molecule has 3 aromatic rings. The third kappa shape index (κ3) is 3.77. The molecule has 4 rings (SSSR count). The largest absolute Gasteiger partial charge is 0.493 e. The maximum atomic E-state index is 12.3. The quantitative estimate of drug-likeness (QED) is 0.578. The number of fused-ring (bicyclic) bond motifs is 1. The lowest BCUT2D eigenvalue weighted by Crippen LogP contribution is -2.33. The van der Waals surface area contributed by atoms with Crippen LogP contribution >= 0.6 is 0 Å². The molecule has 0 aliphatic heterocycles. The van der Waals surface area contributed by atoms with Crippen molar-refractivity contribution in [2.45, 2.75) is 32.1 Å². The first-order chi connectivity index (χ1) is 15.0. The third-order valence-corrected chi connectivity index (χ3v) is 5.65. The van der Waals surface area contributed by atoms with Gasteiger partial charge in [0.05, 0.1) is 23.8 Å². The number of amides is 1. The fraction of sp³-hybridized carbons (Fsp3) is 0.409. The number of hydrogen-bond donors (Lipinski definition) is 0. The highest BCUT2D eigenvalue weighted by molar-refractivity contribution is 5.68. The molecule has 1 amide bonds. The summed E-state index contributed by atoms with van der Waals surface area (Å²) >= 11 is 0. The van der Waals surface area contributed by atoms with E-state index in [0.29, 0.717) is 35.9 Å². The topological polar surface area (TPSA) is 106 Å². The zero-order chi connectivity index (χ0) is 22.0. The van der Waals surface area contributed by atoms with Gasteiger partial charge in [-0.15, -0.1) is 5.10 Å². The Labute approximate surface area is 180 Å². The molecule has 0 spiro atoms. The van der Waals surface area contributed by atoms with Crippen LogP contribution in [0.5, 0.6) is 5.75 Å². The number of ether oxygens (including phenoxy) is 2. The Bertz CT molecular complexity index is 1160. The highest BCUT2D eigenvalue weighted by Crippen LogP contribution is 2.47. The Morgan fingerprint density at radius 3 is 2.71 bits per heavy atom. The van der Waals surface area contributed by atoms with Crippen molar-refractivity contribution in [3.05, 3.63) is 42.0 Å². The zero-order valence-corrected chi connectivity index (χ0v) is 17.8. The summed E-state index contributed by atoms with van der Waals surface area (Å²) in [4.78, 5) is 22.8. The van der Waals surface area contributed by atoms with Crippen molar-refractivity contribution >= 4 is 11.7 Å². The van der Waals surface area contributed by atoms with Gasteiger partial charge in [0.25, 0.3) is 0 Å². The van der Waals surface area contributed by atoms with Crippen LogP contribution in [0.3, 0.4) is 0 Å². The molecule has 1 aliphatic carbocycles. The minimum absolute atomic E-state index is 0.238. The second-order valence-corrected chi connectivity index (χ2v) is 7.54. The number of aromatic nitrogens is 4. The van der Waals surface area contributed by atoms with Gasteiger partial charge in [0.2, 0.25) is 0 Å². The van der Waals surface area contributed by atoms with Crippen molar-refractivity contribution < 1.29 is 14.3 Å². The number of nitrogens with zero attached hydrogens (tertiary/aromatic N) is 6. The van der Waals surface area contributed by atoms with Gasteiger partial charge < -0.3 is 14.4 Å². The predicted octanol–water partition coefficient (Wildman–Crippen LogP) is 3.18. The highest BCUT2D eigenvalue weighted by Gasteiger charge is 2.49. The molecule has 3 heterocycles. The van der Waals surface area contributed by atoms with Crippen LogP contribution in [0.2, 0.25) is 0 Å². The van der Waals surface area contributed by atoms with Crippen molar-refractivity contribution in [1.29, 1.82) is 5.26 Å². The summed E-state index contributed by atoms with van der Waals surface area (Å²) < 4.78 is 12.8. The van der Waals surface area contributed by atoms with Crippen molar-refractivity contribution in [3.8, 4) is 23.1 Å². The number of hydrogen-bond acceptors (Lipinski definition) is 7. The van der Waals surface area contributed by atoms with E-state index in [0.717, 1.165) is 24.1 Å². The Morgan fingerprint density at radius 2 is 2.06 bits per heavy atom. The van der Waals surface area contributed by atoms with Crippen LogP contribution < -0.4 is 4.74 Å². The first kappa shape index (κ1) is 20.6. The van der Waals surface area contributed by atoms with Crippen LogP contribution in [0.4, 0.5) is 4.79 Å². The van der Waals surface area contributed by atoms with E-state index < -0.39 is 0 Å². The average molecular weight is 420 g/mol. The van der Waals surface area contributed by atoms with E-state index in [9.17, 15) is 10.1 Å². The lowest BCUT2D eigenvalue weighted by Gasteiger charge is -2.20. The van der Waals surface area contributed by atoms with Crippen molar-refractivity contribution in [3.63, 3.8) is 0 Å². The molecule has 0 N–H and O–H groups in total. The van der Waals surface area contributed by atoms with Crippen LogP contribution in [0.1, 0.15) is 38.1 Å². The minimum atomic E-state index is -0.385. The van der Waals surface area contributed by atoms with Gasteiger partial charge in [-0.1, -0.05) is 0 Å². The first-order valence-electron chi connectivity index (χ1n) is 10.3. The predicted molar refractivity (Wildman–Crippen MR) is 113 cm³/mol. The zero-order valence-electron chi connectivity index (χ0n) is 17.8. The third-order valence-electron chi connectivity index (χ3n) is 5.65. The first-order valence-corrected chi connectivity index (χ1v) is 10.3. The van der Waals surface area contributed by atoms with E-state index in [1.54, 1.807) is 28.8 Å². The van der Waals surface area contributed by atoms with Crippen LogP contribution in [-0.2, 0) is 10.2 Å². The van der Waals surface area contributed by atoms with Gasteiger partial charge in [-0.25, -0.2) is 14.3 Å². The molecule has 1 aliphatic rings. The number of pyridine rings is 2. The van der Waals surface area contributed by atoms with Gasteiger partial charge in [-0.2, -0.15) is 5.26 Å². The lowest BCUT2D eigenvalue weighted by molar-refractivity contribution is 0.0961. The van der Waals surface area contributed by atoms with Gasteiger partial charge in [-0.05, 0) is 44.9 Å². The van der Waals surface area contributed by atoms with E-state index in [1.165, 1.54) is 6.20 Å². The lowest BCUT2D eigenvalue weighted by atomic mass is 10.1. The van der Waals surface area contributed by atoms with E-state index in [-0.39, 0.29) is 18.1 Å². The monoisotopic (exact) mass is 420 g/mol. The second-order valence-electron chi connectivity index (χ2n) is 7.54. The second kappa shape index (κ2) is 8.22. The Balaban J connectivity index is 1.70. The molecule has 9 heteroatoms. The highest BCUT2D eigenvalue weighted by atomic mass is 16.6. The van der Waals surface area contributed by atoms with Gasteiger partial charge >= 0.3 is 6.09 Å². The molecular formula is C22H24N6O3. The molecule has 1 saturated carbocycles. The molecule has 0 aromatic carbocycles. The molecule has 9 nitrogen and oxygen atoms in total. The summed E-state index contributed by atoms with van der Waals surface area (Å²) in [5, 5.41) is 14.0. The van der Waals surface area contributed by atoms with Gasteiger partial charge in [0, 0.05) is 31.0 Å². The van der Waals surface area contributed by atoms with E-state index >= 15 is 0 Å². The molecule has 0 atom stereocenters. The van der Waals surface area contributed by atoms with Crippen molar-refractivity contribution in [2.24, 2.45) is 0 Å². The van der Waals surface area contributed by atoms with Crippen molar-refractivity contribution in [2.75, 3.05) is 26.8 Å². The SMILES string of the molecule is CCN(CC)C(=O)OCC1(c2nc3c(OC)ccc(-c4cncc(C#N)c4)n3n2)CC1. The fourth-order valence-electron chi connectivity index (χ4n) is 3.54. The summed E-state index contributed by atoms with van der Waals surface area (Å²) in [5.74, 6) is 1.21. The smallest absolute Gasteiger partial charge is 0.409 e. The van der Waals surface area contributed by atoms with Gasteiger partial charge in [0.15, 0.2) is 17.2 Å². The normalized spacial score (nSPS) is 14.1. The molecule has 0 radical (unpaired) electrons.